The number of likely N-dealkylation sites (tertiary alicyclic amines) is 1. The number of aliphatic imine (C=N–C) groups is 1. The molecule has 0 saturated carbocycles. The van der Waals surface area contributed by atoms with E-state index in [0.717, 1.165) is 31.7 Å². The number of hydrogen-bond donors (Lipinski definition) is 2. The Morgan fingerprint density at radius 2 is 2.03 bits per heavy atom. The average Bonchev–Trinajstić information content (AvgIpc) is 2.69. The number of alkyl halides is 3. The minimum absolute atomic E-state index is 0. The van der Waals surface area contributed by atoms with Crippen LogP contribution in [0.1, 0.15) is 37.8 Å². The van der Waals surface area contributed by atoms with E-state index in [1.165, 1.54) is 12.8 Å². The summed E-state index contributed by atoms with van der Waals surface area (Å²) in [5.74, 6) is 1.47. The number of guanidine groups is 1. The first-order chi connectivity index (χ1) is 13.8. The summed E-state index contributed by atoms with van der Waals surface area (Å²) < 4.78 is 42.6. The van der Waals surface area contributed by atoms with Gasteiger partial charge in [-0.3, -0.25) is 0 Å². The first kappa shape index (κ1) is 26.8. The van der Waals surface area contributed by atoms with Crippen molar-refractivity contribution in [1.82, 2.24) is 15.5 Å². The smallest absolute Gasteiger partial charge is 0.422 e. The molecule has 1 unspecified atom stereocenters. The van der Waals surface area contributed by atoms with Gasteiger partial charge in [0.2, 0.25) is 0 Å². The van der Waals surface area contributed by atoms with E-state index < -0.39 is 12.8 Å². The van der Waals surface area contributed by atoms with E-state index in [0.29, 0.717) is 24.0 Å². The zero-order valence-corrected chi connectivity index (χ0v) is 20.3. The molecule has 30 heavy (non-hydrogen) atoms. The Kier molecular flexibility index (Phi) is 11.8. The van der Waals surface area contributed by atoms with E-state index in [9.17, 15) is 13.2 Å². The summed E-state index contributed by atoms with van der Waals surface area (Å²) in [5.41, 5.74) is 1.48. The highest BCUT2D eigenvalue weighted by atomic mass is 127. The van der Waals surface area contributed by atoms with Gasteiger partial charge in [-0.25, -0.2) is 4.99 Å². The maximum Gasteiger partial charge on any atom is 0.422 e. The van der Waals surface area contributed by atoms with Crippen LogP contribution in [-0.4, -0.2) is 56.4 Å². The summed E-state index contributed by atoms with van der Waals surface area (Å²) in [4.78, 5) is 7.02. The highest BCUT2D eigenvalue weighted by Gasteiger charge is 2.28. The molecule has 0 bridgehead atoms. The molecule has 5 nitrogen and oxygen atoms in total. The predicted octanol–water partition coefficient (Wildman–Crippen LogP) is 4.34. The van der Waals surface area contributed by atoms with Crippen molar-refractivity contribution in [2.45, 2.75) is 46.3 Å². The minimum Gasteiger partial charge on any atom is -0.484 e. The van der Waals surface area contributed by atoms with Crippen LogP contribution < -0.4 is 15.4 Å². The van der Waals surface area contributed by atoms with Gasteiger partial charge < -0.3 is 20.3 Å². The molecule has 0 spiro atoms. The van der Waals surface area contributed by atoms with Crippen molar-refractivity contribution in [2.75, 3.05) is 39.3 Å². The summed E-state index contributed by atoms with van der Waals surface area (Å²) >= 11 is 0. The number of aryl methyl sites for hydroxylation is 1. The Labute approximate surface area is 194 Å². The highest BCUT2D eigenvalue weighted by Crippen LogP contribution is 2.24. The highest BCUT2D eigenvalue weighted by molar-refractivity contribution is 14.0. The SMILES string of the molecule is CCNC(=NCc1ccc(C)cc1OCC(F)(F)F)NCC1CCCN(CC)C1.I. The van der Waals surface area contributed by atoms with Crippen molar-refractivity contribution in [3.8, 4) is 5.75 Å². The van der Waals surface area contributed by atoms with Crippen molar-refractivity contribution in [3.05, 3.63) is 29.3 Å². The summed E-state index contributed by atoms with van der Waals surface area (Å²) in [6.07, 6.45) is -1.97. The lowest BCUT2D eigenvalue weighted by molar-refractivity contribution is -0.153. The van der Waals surface area contributed by atoms with Crippen LogP contribution >= 0.6 is 24.0 Å². The third-order valence-electron chi connectivity index (χ3n) is 4.97. The van der Waals surface area contributed by atoms with Gasteiger partial charge in [-0.1, -0.05) is 19.1 Å². The van der Waals surface area contributed by atoms with Gasteiger partial charge in [-0.05, 0) is 57.3 Å². The van der Waals surface area contributed by atoms with Crippen LogP contribution in [0, 0.1) is 12.8 Å². The van der Waals surface area contributed by atoms with Crippen molar-refractivity contribution in [2.24, 2.45) is 10.9 Å². The fourth-order valence-corrected chi connectivity index (χ4v) is 3.44. The molecule has 1 atom stereocenters. The lowest BCUT2D eigenvalue weighted by Gasteiger charge is -2.32. The van der Waals surface area contributed by atoms with Gasteiger partial charge in [-0.2, -0.15) is 13.2 Å². The zero-order chi connectivity index (χ0) is 21.3. The minimum atomic E-state index is -4.37. The van der Waals surface area contributed by atoms with Crippen LogP contribution in [0.3, 0.4) is 0 Å². The van der Waals surface area contributed by atoms with Crippen molar-refractivity contribution in [1.29, 1.82) is 0 Å². The second-order valence-electron chi connectivity index (χ2n) is 7.49. The van der Waals surface area contributed by atoms with Gasteiger partial charge in [0.15, 0.2) is 12.6 Å². The number of nitrogens with zero attached hydrogens (tertiary/aromatic N) is 2. The number of hydrogen-bond acceptors (Lipinski definition) is 3. The van der Waals surface area contributed by atoms with Crippen LogP contribution in [0.5, 0.6) is 5.75 Å². The molecular formula is C21H34F3IN4O. The number of nitrogens with one attached hydrogen (secondary N) is 2. The second kappa shape index (κ2) is 13.2. The molecule has 1 aromatic carbocycles. The standard InChI is InChI=1S/C21H33F3N4O.HI/c1-4-25-20(26-12-17-7-6-10-28(5-2)14-17)27-13-18-9-8-16(3)11-19(18)29-15-21(22,23)24;/h8-9,11,17H,4-7,10,12-15H2,1-3H3,(H2,25,26,27);1H. The van der Waals surface area contributed by atoms with Crippen LogP contribution in [-0.2, 0) is 6.54 Å². The second-order valence-corrected chi connectivity index (χ2v) is 7.49. The Bertz CT molecular complexity index is 670. The molecular weight excluding hydrogens is 508 g/mol. The molecule has 1 aliphatic rings. The first-order valence-corrected chi connectivity index (χ1v) is 10.3. The Balaban J connectivity index is 0.00000450. The molecule has 172 valence electrons. The predicted molar refractivity (Wildman–Crippen MR) is 126 cm³/mol. The van der Waals surface area contributed by atoms with Crippen LogP contribution in [0.25, 0.3) is 0 Å². The first-order valence-electron chi connectivity index (χ1n) is 10.3. The van der Waals surface area contributed by atoms with E-state index >= 15 is 0 Å². The normalized spacial score (nSPS) is 17.9. The number of piperidine rings is 1. The largest absolute Gasteiger partial charge is 0.484 e. The monoisotopic (exact) mass is 542 g/mol. The van der Waals surface area contributed by atoms with Gasteiger partial charge in [0.1, 0.15) is 5.75 Å². The fourth-order valence-electron chi connectivity index (χ4n) is 3.44. The summed E-state index contributed by atoms with van der Waals surface area (Å²) in [6, 6.07) is 5.25. The van der Waals surface area contributed by atoms with Gasteiger partial charge >= 0.3 is 6.18 Å². The molecule has 0 aromatic heterocycles. The van der Waals surface area contributed by atoms with E-state index in [4.69, 9.17) is 4.74 Å². The Hall–Kier alpha value is -1.23. The zero-order valence-electron chi connectivity index (χ0n) is 18.0. The van der Waals surface area contributed by atoms with Gasteiger partial charge in [0.25, 0.3) is 0 Å². The molecule has 1 aliphatic heterocycles. The van der Waals surface area contributed by atoms with Crippen LogP contribution in [0.15, 0.2) is 23.2 Å². The third kappa shape index (κ3) is 9.72. The number of benzene rings is 1. The molecule has 0 radical (unpaired) electrons. The molecule has 1 fully saturated rings. The quantitative estimate of drug-likeness (QED) is 0.292. The molecule has 9 heteroatoms. The molecule has 2 N–H and O–H groups in total. The molecule has 0 amide bonds. The Morgan fingerprint density at radius 1 is 1.27 bits per heavy atom. The molecule has 1 saturated heterocycles. The Morgan fingerprint density at radius 3 is 2.70 bits per heavy atom. The van der Waals surface area contributed by atoms with E-state index in [2.05, 4.69) is 27.4 Å². The molecule has 1 aromatic rings. The van der Waals surface area contributed by atoms with Gasteiger partial charge in [0, 0.05) is 25.2 Å². The van der Waals surface area contributed by atoms with Gasteiger partial charge in [-0.15, -0.1) is 24.0 Å². The maximum absolute atomic E-state index is 12.5. The summed E-state index contributed by atoms with van der Waals surface area (Å²) in [5, 5.41) is 6.59. The molecule has 1 heterocycles. The topological polar surface area (TPSA) is 48.9 Å². The van der Waals surface area contributed by atoms with Crippen molar-refractivity contribution >= 4 is 29.9 Å². The summed E-state index contributed by atoms with van der Waals surface area (Å²) in [7, 11) is 0. The maximum atomic E-state index is 12.5. The number of halogens is 4. The summed E-state index contributed by atoms with van der Waals surface area (Å²) in [6.45, 7) is 9.78. The van der Waals surface area contributed by atoms with Crippen molar-refractivity contribution in [3.63, 3.8) is 0 Å². The van der Waals surface area contributed by atoms with Gasteiger partial charge in [0.05, 0.1) is 6.54 Å². The van der Waals surface area contributed by atoms with Crippen LogP contribution in [0.2, 0.25) is 0 Å². The molecule has 2 rings (SSSR count). The van der Waals surface area contributed by atoms with E-state index in [1.54, 1.807) is 12.1 Å². The van der Waals surface area contributed by atoms with Crippen LogP contribution in [0.4, 0.5) is 13.2 Å². The average molecular weight is 542 g/mol. The third-order valence-corrected chi connectivity index (χ3v) is 4.97. The number of ether oxygens (including phenoxy) is 1. The van der Waals surface area contributed by atoms with E-state index in [1.807, 2.05) is 19.9 Å². The lowest BCUT2D eigenvalue weighted by atomic mass is 9.98. The lowest BCUT2D eigenvalue weighted by Crippen LogP contribution is -2.44. The van der Waals surface area contributed by atoms with Crippen molar-refractivity contribution < 1.29 is 17.9 Å². The number of rotatable bonds is 8. The van der Waals surface area contributed by atoms with E-state index in [-0.39, 0.29) is 36.3 Å². The molecule has 0 aliphatic carbocycles. The fraction of sp³-hybridized carbons (Fsp3) is 0.667.